The fraction of sp³-hybridized carbons (Fsp3) is 0.429. The Kier molecular flexibility index (Phi) is 5.70. The van der Waals surface area contributed by atoms with Crippen molar-refractivity contribution in [2.75, 3.05) is 32.8 Å². The summed E-state index contributed by atoms with van der Waals surface area (Å²) in [4.78, 5) is 7.46. The summed E-state index contributed by atoms with van der Waals surface area (Å²) in [6.07, 6.45) is 3.22. The second-order valence-corrected chi connectivity index (χ2v) is 7.80. The van der Waals surface area contributed by atoms with Crippen LogP contribution in [0.4, 0.5) is 0 Å². The van der Waals surface area contributed by atoms with Crippen LogP contribution in [0, 0.1) is 0 Å². The van der Waals surface area contributed by atoms with Crippen molar-refractivity contribution in [2.45, 2.75) is 25.9 Å². The minimum Gasteiger partial charge on any atom is -0.379 e. The zero-order valence-corrected chi connectivity index (χ0v) is 16.1. The second-order valence-electron chi connectivity index (χ2n) is 6.82. The zero-order chi connectivity index (χ0) is 17.8. The molecular weight excluding hydrogens is 342 g/mol. The van der Waals surface area contributed by atoms with E-state index in [1.807, 2.05) is 11.3 Å². The summed E-state index contributed by atoms with van der Waals surface area (Å²) in [5, 5.41) is 7.23. The van der Waals surface area contributed by atoms with E-state index in [-0.39, 0.29) is 0 Å². The molecule has 0 amide bonds. The van der Waals surface area contributed by atoms with Gasteiger partial charge in [-0.3, -0.25) is 4.90 Å². The first-order valence-corrected chi connectivity index (χ1v) is 10.4. The number of para-hydroxylation sites is 1. The molecule has 0 aliphatic carbocycles. The number of H-pyrrole nitrogens is 1. The SMILES string of the molecule is CCc1cccc2c(CNC[C@H](c3cccs3)N3CCOCC3)c[nH]c12. The summed E-state index contributed by atoms with van der Waals surface area (Å²) in [6.45, 7) is 7.75. The van der Waals surface area contributed by atoms with Crippen LogP contribution >= 0.6 is 11.3 Å². The number of rotatable bonds is 7. The van der Waals surface area contributed by atoms with E-state index in [1.165, 1.54) is 26.9 Å². The Morgan fingerprint density at radius 3 is 2.85 bits per heavy atom. The van der Waals surface area contributed by atoms with E-state index >= 15 is 0 Å². The topological polar surface area (TPSA) is 40.3 Å². The summed E-state index contributed by atoms with van der Waals surface area (Å²) in [7, 11) is 0. The van der Waals surface area contributed by atoms with Crippen molar-refractivity contribution in [1.82, 2.24) is 15.2 Å². The molecule has 3 heterocycles. The summed E-state index contributed by atoms with van der Waals surface area (Å²) in [5.41, 5.74) is 4.02. The summed E-state index contributed by atoms with van der Waals surface area (Å²) in [5.74, 6) is 0. The Hall–Kier alpha value is -1.66. The van der Waals surface area contributed by atoms with E-state index in [4.69, 9.17) is 4.74 Å². The molecule has 5 heteroatoms. The highest BCUT2D eigenvalue weighted by atomic mass is 32.1. The van der Waals surface area contributed by atoms with Crippen LogP contribution in [0.1, 0.15) is 29.0 Å². The summed E-state index contributed by atoms with van der Waals surface area (Å²) >= 11 is 1.85. The molecule has 1 atom stereocenters. The van der Waals surface area contributed by atoms with Crippen molar-refractivity contribution in [3.8, 4) is 0 Å². The van der Waals surface area contributed by atoms with Gasteiger partial charge in [0.2, 0.25) is 0 Å². The Balaban J connectivity index is 1.45. The lowest BCUT2D eigenvalue weighted by Gasteiger charge is -2.34. The van der Waals surface area contributed by atoms with E-state index in [0.29, 0.717) is 6.04 Å². The number of aromatic amines is 1. The van der Waals surface area contributed by atoms with E-state index < -0.39 is 0 Å². The lowest BCUT2D eigenvalue weighted by Crippen LogP contribution is -2.42. The monoisotopic (exact) mass is 369 g/mol. The summed E-state index contributed by atoms with van der Waals surface area (Å²) < 4.78 is 5.54. The minimum atomic E-state index is 0.426. The molecule has 26 heavy (non-hydrogen) atoms. The Bertz CT molecular complexity index is 821. The van der Waals surface area contributed by atoms with Crippen LogP contribution in [0.25, 0.3) is 10.9 Å². The van der Waals surface area contributed by atoms with Gasteiger partial charge in [0.1, 0.15) is 0 Å². The van der Waals surface area contributed by atoms with Crippen LogP contribution in [0.2, 0.25) is 0 Å². The van der Waals surface area contributed by atoms with Gasteiger partial charge in [0.15, 0.2) is 0 Å². The van der Waals surface area contributed by atoms with Gasteiger partial charge in [0.25, 0.3) is 0 Å². The number of nitrogens with one attached hydrogen (secondary N) is 2. The maximum absolute atomic E-state index is 5.54. The van der Waals surface area contributed by atoms with Gasteiger partial charge in [-0.1, -0.05) is 31.2 Å². The van der Waals surface area contributed by atoms with Crippen LogP contribution in [0.3, 0.4) is 0 Å². The van der Waals surface area contributed by atoms with Gasteiger partial charge in [0, 0.05) is 48.2 Å². The average Bonchev–Trinajstić information content (AvgIpc) is 3.36. The molecule has 0 unspecified atom stereocenters. The largest absolute Gasteiger partial charge is 0.379 e. The molecule has 2 aromatic heterocycles. The fourth-order valence-corrected chi connectivity index (χ4v) is 4.70. The first-order valence-electron chi connectivity index (χ1n) is 9.50. The molecular formula is C21H27N3OS. The number of aryl methyl sites for hydroxylation is 1. The van der Waals surface area contributed by atoms with Crippen molar-refractivity contribution >= 4 is 22.2 Å². The molecule has 0 bridgehead atoms. The van der Waals surface area contributed by atoms with Gasteiger partial charge in [0.05, 0.1) is 19.3 Å². The molecule has 1 aliphatic heterocycles. The van der Waals surface area contributed by atoms with Crippen molar-refractivity contribution in [3.05, 3.63) is 57.9 Å². The quantitative estimate of drug-likeness (QED) is 0.662. The van der Waals surface area contributed by atoms with Crippen LogP contribution in [0.15, 0.2) is 41.9 Å². The molecule has 1 aromatic carbocycles. The number of benzene rings is 1. The molecule has 1 fully saturated rings. The number of nitrogens with zero attached hydrogens (tertiary/aromatic N) is 1. The number of fused-ring (bicyclic) bond motifs is 1. The molecule has 1 saturated heterocycles. The van der Waals surface area contributed by atoms with Crippen molar-refractivity contribution in [1.29, 1.82) is 0 Å². The molecule has 1 aliphatic rings. The molecule has 0 radical (unpaired) electrons. The Labute approximate surface area is 159 Å². The first kappa shape index (κ1) is 17.7. The summed E-state index contributed by atoms with van der Waals surface area (Å²) in [6, 6.07) is 11.4. The number of morpholine rings is 1. The van der Waals surface area contributed by atoms with Crippen LogP contribution in [-0.2, 0) is 17.7 Å². The number of ether oxygens (including phenoxy) is 1. The lowest BCUT2D eigenvalue weighted by atomic mass is 10.1. The van der Waals surface area contributed by atoms with Gasteiger partial charge in [-0.25, -0.2) is 0 Å². The highest BCUT2D eigenvalue weighted by Crippen LogP contribution is 2.26. The predicted octanol–water partition coefficient (Wildman–Crippen LogP) is 3.95. The normalized spacial score (nSPS) is 17.0. The van der Waals surface area contributed by atoms with Crippen molar-refractivity contribution in [2.24, 2.45) is 0 Å². The van der Waals surface area contributed by atoms with Crippen molar-refractivity contribution < 1.29 is 4.74 Å². The number of aromatic nitrogens is 1. The highest BCUT2D eigenvalue weighted by Gasteiger charge is 2.23. The second kappa shape index (κ2) is 8.35. The van der Waals surface area contributed by atoms with Gasteiger partial charge < -0.3 is 15.0 Å². The van der Waals surface area contributed by atoms with Gasteiger partial charge in [-0.05, 0) is 29.0 Å². The zero-order valence-electron chi connectivity index (χ0n) is 15.3. The van der Waals surface area contributed by atoms with E-state index in [2.05, 4.69) is 64.0 Å². The Morgan fingerprint density at radius 1 is 1.19 bits per heavy atom. The molecule has 138 valence electrons. The van der Waals surface area contributed by atoms with Gasteiger partial charge in [-0.2, -0.15) is 0 Å². The first-order chi connectivity index (χ1) is 12.9. The van der Waals surface area contributed by atoms with E-state index in [0.717, 1.165) is 45.8 Å². The lowest BCUT2D eigenvalue weighted by molar-refractivity contribution is 0.0168. The molecule has 0 spiro atoms. The third-order valence-corrected chi connectivity index (χ3v) is 6.25. The number of thiophene rings is 1. The predicted molar refractivity (Wildman–Crippen MR) is 109 cm³/mol. The standard InChI is InChI=1S/C21H27N3OS/c1-2-16-5-3-6-18-17(14-23-21(16)18)13-22-15-19(20-7-4-12-26-20)24-8-10-25-11-9-24/h3-7,12,14,19,22-23H,2,8-11,13,15H2,1H3/t19-/m1/s1. The number of hydrogen-bond acceptors (Lipinski definition) is 4. The third-order valence-electron chi connectivity index (χ3n) is 5.28. The maximum Gasteiger partial charge on any atom is 0.0594 e. The molecule has 4 nitrogen and oxygen atoms in total. The third kappa shape index (κ3) is 3.71. The maximum atomic E-state index is 5.54. The average molecular weight is 370 g/mol. The van der Waals surface area contributed by atoms with E-state index in [1.54, 1.807) is 0 Å². The van der Waals surface area contributed by atoms with Crippen LogP contribution in [0.5, 0.6) is 0 Å². The molecule has 2 N–H and O–H groups in total. The molecule has 4 rings (SSSR count). The van der Waals surface area contributed by atoms with Crippen LogP contribution < -0.4 is 5.32 Å². The number of hydrogen-bond donors (Lipinski definition) is 2. The van der Waals surface area contributed by atoms with Crippen molar-refractivity contribution in [3.63, 3.8) is 0 Å². The van der Waals surface area contributed by atoms with Gasteiger partial charge in [-0.15, -0.1) is 11.3 Å². The Morgan fingerprint density at radius 2 is 2.08 bits per heavy atom. The fourth-order valence-electron chi connectivity index (χ4n) is 3.84. The minimum absolute atomic E-state index is 0.426. The van der Waals surface area contributed by atoms with Gasteiger partial charge >= 0.3 is 0 Å². The van der Waals surface area contributed by atoms with Crippen LogP contribution in [-0.4, -0.2) is 42.7 Å². The smallest absolute Gasteiger partial charge is 0.0594 e. The molecule has 3 aromatic rings. The highest BCUT2D eigenvalue weighted by molar-refractivity contribution is 7.10. The van der Waals surface area contributed by atoms with E-state index in [9.17, 15) is 0 Å². The molecule has 0 saturated carbocycles.